The number of carbonyl (C=O) groups excluding carboxylic acids is 3. The Labute approximate surface area is 209 Å². The number of Topliss-reactive ketones (excluding diaryl/α,β-unsaturated/α-hetero) is 1. The van der Waals surface area contributed by atoms with Crippen LogP contribution in [0.4, 0.5) is 11.5 Å². The van der Waals surface area contributed by atoms with Gasteiger partial charge in [0.1, 0.15) is 11.9 Å². The number of likely N-dealkylation sites (tertiary alicyclic amines) is 1. The molecule has 2 N–H and O–H groups in total. The Morgan fingerprint density at radius 3 is 2.37 bits per heavy atom. The largest absolute Gasteiger partial charge is 0.324 e. The molecule has 180 valence electrons. The van der Waals surface area contributed by atoms with Crippen molar-refractivity contribution in [2.75, 3.05) is 23.7 Å². The van der Waals surface area contributed by atoms with E-state index in [2.05, 4.69) is 20.5 Å². The summed E-state index contributed by atoms with van der Waals surface area (Å²) in [7, 11) is 0. The molecule has 4 rings (SSSR count). The van der Waals surface area contributed by atoms with Gasteiger partial charge < -0.3 is 10.6 Å². The van der Waals surface area contributed by atoms with Crippen LogP contribution < -0.4 is 10.6 Å². The molecule has 1 aromatic heterocycles. The summed E-state index contributed by atoms with van der Waals surface area (Å²) in [5.74, 6) is -0.0205. The van der Waals surface area contributed by atoms with Crippen LogP contribution in [0.25, 0.3) is 0 Å². The van der Waals surface area contributed by atoms with E-state index in [0.717, 1.165) is 5.56 Å². The molecule has 35 heavy (non-hydrogen) atoms. The van der Waals surface area contributed by atoms with Crippen LogP contribution in [-0.4, -0.2) is 40.6 Å². The number of aromatic nitrogens is 1. The van der Waals surface area contributed by atoms with Crippen molar-refractivity contribution in [2.24, 2.45) is 5.92 Å². The maximum atomic E-state index is 13.4. The molecule has 7 nitrogen and oxygen atoms in total. The second-order valence-electron chi connectivity index (χ2n) is 8.60. The molecule has 0 aliphatic carbocycles. The summed E-state index contributed by atoms with van der Waals surface area (Å²) in [5.41, 5.74) is 2.00. The first-order chi connectivity index (χ1) is 16.9. The summed E-state index contributed by atoms with van der Waals surface area (Å²) in [4.78, 5) is 44.2. The minimum absolute atomic E-state index is 0.0603. The second kappa shape index (κ2) is 11.3. The van der Waals surface area contributed by atoms with E-state index in [1.165, 1.54) is 13.1 Å². The summed E-state index contributed by atoms with van der Waals surface area (Å²) >= 11 is 5.86. The van der Waals surface area contributed by atoms with E-state index >= 15 is 0 Å². The molecular weight excluding hydrogens is 464 g/mol. The fraction of sp³-hybridized carbons (Fsp3) is 0.259. The van der Waals surface area contributed by atoms with Gasteiger partial charge in [0.2, 0.25) is 11.8 Å². The van der Waals surface area contributed by atoms with Crippen LogP contribution in [0, 0.1) is 5.92 Å². The van der Waals surface area contributed by atoms with Gasteiger partial charge in [0.15, 0.2) is 5.78 Å². The summed E-state index contributed by atoms with van der Waals surface area (Å²) in [6.07, 6.45) is 2.74. The Hall–Kier alpha value is -3.55. The minimum Gasteiger partial charge on any atom is -0.324 e. The molecule has 0 bridgehead atoms. The van der Waals surface area contributed by atoms with Crippen LogP contribution in [0.2, 0.25) is 5.02 Å². The molecule has 1 fully saturated rings. The average molecular weight is 491 g/mol. The third-order valence-electron chi connectivity index (χ3n) is 6.14. The van der Waals surface area contributed by atoms with Gasteiger partial charge in [0.05, 0.1) is 5.02 Å². The van der Waals surface area contributed by atoms with Crippen LogP contribution >= 0.6 is 11.6 Å². The minimum atomic E-state index is -0.515. The van der Waals surface area contributed by atoms with E-state index in [4.69, 9.17) is 11.6 Å². The van der Waals surface area contributed by atoms with Crippen molar-refractivity contribution in [1.82, 2.24) is 9.88 Å². The highest BCUT2D eigenvalue weighted by atomic mass is 35.5. The van der Waals surface area contributed by atoms with Crippen LogP contribution in [-0.2, 0) is 9.59 Å². The molecule has 0 spiro atoms. The lowest BCUT2D eigenvalue weighted by Crippen LogP contribution is -2.44. The molecule has 1 aliphatic heterocycles. The van der Waals surface area contributed by atoms with Crippen LogP contribution in [0.3, 0.4) is 0 Å². The van der Waals surface area contributed by atoms with E-state index in [1.807, 2.05) is 30.3 Å². The van der Waals surface area contributed by atoms with Gasteiger partial charge in [-0.1, -0.05) is 54.1 Å². The Bertz CT molecular complexity index is 1190. The van der Waals surface area contributed by atoms with Crippen molar-refractivity contribution in [3.8, 4) is 0 Å². The first kappa shape index (κ1) is 24.6. The summed E-state index contributed by atoms with van der Waals surface area (Å²) in [5, 5.41) is 6.33. The van der Waals surface area contributed by atoms with Gasteiger partial charge in [-0.2, -0.15) is 0 Å². The molecule has 2 amide bonds. The monoisotopic (exact) mass is 490 g/mol. The highest BCUT2D eigenvalue weighted by Crippen LogP contribution is 2.29. The van der Waals surface area contributed by atoms with Gasteiger partial charge in [-0.05, 0) is 62.7 Å². The number of nitrogens with zero attached hydrogens (tertiary/aromatic N) is 2. The van der Waals surface area contributed by atoms with Gasteiger partial charge in [0, 0.05) is 23.4 Å². The molecular formula is C27H27ClN4O3. The molecule has 3 aromatic rings. The molecule has 2 aromatic carbocycles. The molecule has 8 heteroatoms. The molecule has 1 unspecified atom stereocenters. The number of ketones is 1. The standard InChI is InChI=1S/C27H27ClN4O3/c1-18(33)21-8-5-9-23(16-21)30-27(35)25(19-6-3-2-4-7-19)32-14-12-20(13-15-32)26(34)31-24-11-10-22(28)17-29-24/h2-11,16-17,20,25H,12-15H2,1H3,(H,30,35)(H,29,31,34). The fourth-order valence-corrected chi connectivity index (χ4v) is 4.40. The Morgan fingerprint density at radius 2 is 1.71 bits per heavy atom. The first-order valence-corrected chi connectivity index (χ1v) is 11.9. The lowest BCUT2D eigenvalue weighted by molar-refractivity contribution is -0.124. The second-order valence-corrected chi connectivity index (χ2v) is 9.04. The zero-order valence-electron chi connectivity index (χ0n) is 19.4. The van der Waals surface area contributed by atoms with E-state index in [-0.39, 0.29) is 23.5 Å². The number of pyridine rings is 1. The Kier molecular flexibility index (Phi) is 7.90. The summed E-state index contributed by atoms with van der Waals surface area (Å²) in [6, 6.07) is 19.4. The average Bonchev–Trinajstić information content (AvgIpc) is 2.87. The van der Waals surface area contributed by atoms with E-state index in [1.54, 1.807) is 36.4 Å². The van der Waals surface area contributed by atoms with E-state index in [0.29, 0.717) is 48.0 Å². The summed E-state index contributed by atoms with van der Waals surface area (Å²) in [6.45, 7) is 2.68. The Morgan fingerprint density at radius 1 is 0.971 bits per heavy atom. The number of rotatable bonds is 7. The number of hydrogen-bond donors (Lipinski definition) is 2. The number of benzene rings is 2. The number of carbonyl (C=O) groups is 3. The molecule has 1 aliphatic rings. The van der Waals surface area contributed by atoms with Crippen molar-refractivity contribution >= 4 is 40.7 Å². The van der Waals surface area contributed by atoms with Crippen molar-refractivity contribution in [3.05, 3.63) is 89.1 Å². The van der Waals surface area contributed by atoms with Crippen LogP contribution in [0.5, 0.6) is 0 Å². The molecule has 0 radical (unpaired) electrons. The number of hydrogen-bond acceptors (Lipinski definition) is 5. The topological polar surface area (TPSA) is 91.4 Å². The van der Waals surface area contributed by atoms with E-state index < -0.39 is 6.04 Å². The van der Waals surface area contributed by atoms with Crippen molar-refractivity contribution in [2.45, 2.75) is 25.8 Å². The number of nitrogens with one attached hydrogen (secondary N) is 2. The predicted molar refractivity (Wildman–Crippen MR) is 136 cm³/mol. The van der Waals surface area contributed by atoms with Gasteiger partial charge in [-0.15, -0.1) is 0 Å². The smallest absolute Gasteiger partial charge is 0.246 e. The number of anilines is 2. The number of piperidine rings is 1. The fourth-order valence-electron chi connectivity index (χ4n) is 4.29. The highest BCUT2D eigenvalue weighted by Gasteiger charge is 2.33. The van der Waals surface area contributed by atoms with Crippen LogP contribution in [0.15, 0.2) is 72.9 Å². The quantitative estimate of drug-likeness (QED) is 0.456. The van der Waals surface area contributed by atoms with Gasteiger partial charge in [0.25, 0.3) is 0 Å². The van der Waals surface area contributed by atoms with Gasteiger partial charge in [-0.25, -0.2) is 4.98 Å². The zero-order valence-corrected chi connectivity index (χ0v) is 20.2. The molecule has 1 saturated heterocycles. The van der Waals surface area contributed by atoms with Crippen molar-refractivity contribution in [3.63, 3.8) is 0 Å². The zero-order chi connectivity index (χ0) is 24.8. The normalized spacial score (nSPS) is 15.3. The molecule has 2 heterocycles. The van der Waals surface area contributed by atoms with Gasteiger partial charge >= 0.3 is 0 Å². The maximum Gasteiger partial charge on any atom is 0.246 e. The predicted octanol–water partition coefficient (Wildman–Crippen LogP) is 4.97. The van der Waals surface area contributed by atoms with Crippen LogP contribution in [0.1, 0.15) is 41.7 Å². The third kappa shape index (κ3) is 6.32. The number of amides is 2. The van der Waals surface area contributed by atoms with Crippen molar-refractivity contribution < 1.29 is 14.4 Å². The number of halogens is 1. The van der Waals surface area contributed by atoms with Crippen molar-refractivity contribution in [1.29, 1.82) is 0 Å². The summed E-state index contributed by atoms with van der Waals surface area (Å²) < 4.78 is 0. The maximum absolute atomic E-state index is 13.4. The van der Waals surface area contributed by atoms with Gasteiger partial charge in [-0.3, -0.25) is 19.3 Å². The Balaban J connectivity index is 1.45. The molecule has 1 atom stereocenters. The third-order valence-corrected chi connectivity index (χ3v) is 6.37. The lowest BCUT2D eigenvalue weighted by atomic mass is 9.93. The SMILES string of the molecule is CC(=O)c1cccc(NC(=O)C(c2ccccc2)N2CCC(C(=O)Nc3ccc(Cl)cn3)CC2)c1. The first-order valence-electron chi connectivity index (χ1n) is 11.5. The van der Waals surface area contributed by atoms with E-state index in [9.17, 15) is 14.4 Å². The highest BCUT2D eigenvalue weighted by molar-refractivity contribution is 6.30. The molecule has 0 saturated carbocycles. The lowest BCUT2D eigenvalue weighted by Gasteiger charge is -2.36.